The number of hydrogen-bond donors (Lipinski definition) is 2. The van der Waals surface area contributed by atoms with E-state index in [2.05, 4.69) is 49.4 Å². The van der Waals surface area contributed by atoms with E-state index in [1.807, 2.05) is 36.8 Å². The molecule has 0 amide bonds. The highest BCUT2D eigenvalue weighted by atomic mass is 35.5. The lowest BCUT2D eigenvalue weighted by Crippen LogP contribution is -2.46. The molecule has 0 spiro atoms. The molecule has 1 saturated heterocycles. The number of nitrogens with one attached hydrogen (secondary N) is 2. The first-order valence-corrected chi connectivity index (χ1v) is 13.9. The third-order valence-corrected chi connectivity index (χ3v) is 7.69. The Labute approximate surface area is 227 Å². The number of anilines is 3. The van der Waals surface area contributed by atoms with Gasteiger partial charge in [-0.15, -0.1) is 0 Å². The molecule has 4 heterocycles. The van der Waals surface area contributed by atoms with Crippen molar-refractivity contribution < 1.29 is 4.74 Å². The van der Waals surface area contributed by atoms with Gasteiger partial charge in [-0.25, -0.2) is 15.0 Å². The van der Waals surface area contributed by atoms with Gasteiger partial charge in [0.1, 0.15) is 11.6 Å². The highest BCUT2D eigenvalue weighted by Crippen LogP contribution is 2.33. The second-order valence-corrected chi connectivity index (χ2v) is 10.5. The van der Waals surface area contributed by atoms with Gasteiger partial charge >= 0.3 is 0 Å². The smallest absolute Gasteiger partial charge is 0.227 e. The fraction of sp³-hybridized carbons (Fsp3) is 0.370. The Morgan fingerprint density at radius 3 is 2.86 bits per heavy atom. The Morgan fingerprint density at radius 2 is 2.08 bits per heavy atom. The first-order valence-electron chi connectivity index (χ1n) is 12.3. The SMILES string of the molecule is C=C(c1ccnc(NSC)c1)N1CC[C@H](N2Cc3cnc(Nc4cc(Cl)cc(OC)c4)nc3C2)C[C@H]1C. The van der Waals surface area contributed by atoms with Gasteiger partial charge in [0.2, 0.25) is 5.95 Å². The molecule has 1 fully saturated rings. The molecule has 10 heteroatoms. The average molecular weight is 538 g/mol. The van der Waals surface area contributed by atoms with Gasteiger partial charge in [0, 0.05) is 84.0 Å². The predicted octanol–water partition coefficient (Wildman–Crippen LogP) is 5.81. The zero-order valence-electron chi connectivity index (χ0n) is 21.4. The minimum Gasteiger partial charge on any atom is -0.497 e. The lowest BCUT2D eigenvalue weighted by molar-refractivity contribution is 0.102. The third kappa shape index (κ3) is 5.79. The number of halogens is 1. The van der Waals surface area contributed by atoms with Gasteiger partial charge < -0.3 is 19.7 Å². The van der Waals surface area contributed by atoms with Gasteiger partial charge in [0.15, 0.2) is 0 Å². The Balaban J connectivity index is 1.21. The van der Waals surface area contributed by atoms with E-state index in [1.165, 1.54) is 17.5 Å². The lowest BCUT2D eigenvalue weighted by Gasteiger charge is -2.43. The standard InChI is InChI=1S/C27H32ClN7OS/c1-17-9-23(6-8-35(17)18(2)19-5-7-29-26(10-19)33-37-4)34-15-20-14-30-27(32-25(20)16-34)31-22-11-21(28)12-24(13-22)36-3/h5,7,10-14,17,23H,2,6,8-9,15-16H2,1,3-4H3,(H,29,33)(H,30,31,32)/t17-,23+/m1/s1. The Hall–Kier alpha value is -3.01. The lowest BCUT2D eigenvalue weighted by atomic mass is 9.95. The van der Waals surface area contributed by atoms with Crippen LogP contribution in [0.5, 0.6) is 5.75 Å². The molecule has 0 saturated carbocycles. The highest BCUT2D eigenvalue weighted by Gasteiger charge is 2.33. The number of aromatic nitrogens is 3. The van der Waals surface area contributed by atoms with Gasteiger partial charge in [0.25, 0.3) is 0 Å². The van der Waals surface area contributed by atoms with Crippen molar-refractivity contribution in [3.05, 3.63) is 71.1 Å². The second kappa shape index (κ2) is 11.2. The molecular weight excluding hydrogens is 506 g/mol. The summed E-state index contributed by atoms with van der Waals surface area (Å²) < 4.78 is 8.52. The van der Waals surface area contributed by atoms with Crippen LogP contribution < -0.4 is 14.8 Å². The van der Waals surface area contributed by atoms with Gasteiger partial charge in [0.05, 0.1) is 12.8 Å². The fourth-order valence-corrected chi connectivity index (χ4v) is 5.74. The van der Waals surface area contributed by atoms with E-state index in [-0.39, 0.29) is 0 Å². The van der Waals surface area contributed by atoms with Crippen molar-refractivity contribution in [3.8, 4) is 5.75 Å². The fourth-order valence-electron chi connectivity index (χ4n) is 5.19. The maximum absolute atomic E-state index is 6.21. The maximum Gasteiger partial charge on any atom is 0.227 e. The van der Waals surface area contributed by atoms with E-state index in [0.717, 1.165) is 60.9 Å². The zero-order valence-corrected chi connectivity index (χ0v) is 22.9. The summed E-state index contributed by atoms with van der Waals surface area (Å²) in [5.41, 5.74) is 5.24. The van der Waals surface area contributed by atoms with E-state index in [9.17, 15) is 0 Å². The van der Waals surface area contributed by atoms with Crippen molar-refractivity contribution in [2.24, 2.45) is 0 Å². The molecule has 2 aromatic heterocycles. The minimum absolute atomic E-state index is 0.390. The number of pyridine rings is 1. The van der Waals surface area contributed by atoms with Crippen LogP contribution in [0.1, 0.15) is 36.6 Å². The van der Waals surface area contributed by atoms with E-state index in [1.54, 1.807) is 13.2 Å². The summed E-state index contributed by atoms with van der Waals surface area (Å²) in [4.78, 5) is 18.7. The van der Waals surface area contributed by atoms with Crippen LogP contribution in [-0.4, -0.2) is 56.7 Å². The molecule has 3 aromatic rings. The number of fused-ring (bicyclic) bond motifs is 1. The van der Waals surface area contributed by atoms with Crippen LogP contribution in [0.3, 0.4) is 0 Å². The van der Waals surface area contributed by atoms with Crippen LogP contribution in [0.2, 0.25) is 5.02 Å². The zero-order chi connectivity index (χ0) is 25.9. The van der Waals surface area contributed by atoms with Crippen LogP contribution in [0.25, 0.3) is 5.70 Å². The predicted molar refractivity (Wildman–Crippen MR) is 152 cm³/mol. The molecular formula is C27H32ClN7OS. The molecule has 2 aliphatic heterocycles. The van der Waals surface area contributed by atoms with Crippen molar-refractivity contribution in [1.29, 1.82) is 0 Å². The van der Waals surface area contributed by atoms with Crippen LogP contribution in [0.15, 0.2) is 49.3 Å². The average Bonchev–Trinajstić information content (AvgIpc) is 3.32. The van der Waals surface area contributed by atoms with Crippen molar-refractivity contribution in [3.63, 3.8) is 0 Å². The number of benzene rings is 1. The molecule has 0 bridgehead atoms. The quantitative estimate of drug-likeness (QED) is 0.346. The summed E-state index contributed by atoms with van der Waals surface area (Å²) >= 11 is 7.75. The summed E-state index contributed by atoms with van der Waals surface area (Å²) in [6.07, 6.45) is 7.93. The number of likely N-dealkylation sites (tertiary alicyclic amines) is 1. The van der Waals surface area contributed by atoms with Crippen LogP contribution in [-0.2, 0) is 13.1 Å². The number of ether oxygens (including phenoxy) is 1. The first-order chi connectivity index (χ1) is 17.9. The second-order valence-electron chi connectivity index (χ2n) is 9.48. The normalized spacial score (nSPS) is 19.4. The minimum atomic E-state index is 0.390. The molecule has 5 rings (SSSR count). The first kappa shape index (κ1) is 25.6. The summed E-state index contributed by atoms with van der Waals surface area (Å²) in [5, 5.41) is 3.86. The summed E-state index contributed by atoms with van der Waals surface area (Å²) in [6, 6.07) is 10.5. The van der Waals surface area contributed by atoms with E-state index < -0.39 is 0 Å². The number of nitrogens with zero attached hydrogens (tertiary/aromatic N) is 5. The van der Waals surface area contributed by atoms with E-state index >= 15 is 0 Å². The van der Waals surface area contributed by atoms with E-state index in [4.69, 9.17) is 21.3 Å². The van der Waals surface area contributed by atoms with Gasteiger partial charge in [-0.05, 0) is 44.0 Å². The molecule has 0 unspecified atom stereocenters. The van der Waals surface area contributed by atoms with Gasteiger partial charge in [-0.2, -0.15) is 0 Å². The molecule has 0 aliphatic carbocycles. The number of methoxy groups -OCH3 is 1. The van der Waals surface area contributed by atoms with Gasteiger partial charge in [-0.3, -0.25) is 4.90 Å². The van der Waals surface area contributed by atoms with Crippen molar-refractivity contribution in [1.82, 2.24) is 24.8 Å². The van der Waals surface area contributed by atoms with Crippen molar-refractivity contribution in [2.45, 2.75) is 44.9 Å². The highest BCUT2D eigenvalue weighted by molar-refractivity contribution is 7.99. The van der Waals surface area contributed by atoms with Crippen LogP contribution in [0, 0.1) is 0 Å². The Morgan fingerprint density at radius 1 is 1.22 bits per heavy atom. The van der Waals surface area contributed by atoms with Crippen LogP contribution in [0.4, 0.5) is 17.5 Å². The monoisotopic (exact) mass is 537 g/mol. The molecule has 37 heavy (non-hydrogen) atoms. The van der Waals surface area contributed by atoms with Crippen molar-refractivity contribution >= 4 is 46.7 Å². The largest absolute Gasteiger partial charge is 0.497 e. The Bertz CT molecular complexity index is 1290. The summed E-state index contributed by atoms with van der Waals surface area (Å²) in [5.74, 6) is 2.11. The number of hydrogen-bond acceptors (Lipinski definition) is 9. The maximum atomic E-state index is 6.21. The molecule has 8 nitrogen and oxygen atoms in total. The molecule has 2 N–H and O–H groups in total. The van der Waals surface area contributed by atoms with E-state index in [0.29, 0.717) is 28.8 Å². The number of rotatable bonds is 8. The molecule has 2 aliphatic rings. The topological polar surface area (TPSA) is 78.4 Å². The van der Waals surface area contributed by atoms with Gasteiger partial charge in [-0.1, -0.05) is 30.1 Å². The molecule has 1 aromatic carbocycles. The summed E-state index contributed by atoms with van der Waals surface area (Å²) in [6.45, 7) is 9.41. The number of piperidine rings is 1. The Kier molecular flexibility index (Phi) is 7.73. The third-order valence-electron chi connectivity index (χ3n) is 7.05. The molecule has 194 valence electrons. The van der Waals surface area contributed by atoms with Crippen LogP contribution >= 0.6 is 23.5 Å². The molecule has 0 radical (unpaired) electrons. The summed E-state index contributed by atoms with van der Waals surface area (Å²) in [7, 11) is 1.62. The molecule has 2 atom stereocenters. The van der Waals surface area contributed by atoms with Crippen molar-refractivity contribution in [2.75, 3.05) is 29.9 Å².